The Morgan fingerprint density at radius 1 is 1.38 bits per heavy atom. The van der Waals surface area contributed by atoms with Gasteiger partial charge in [-0.15, -0.1) is 0 Å². The van der Waals surface area contributed by atoms with E-state index in [0.717, 1.165) is 37.5 Å². The largest absolute Gasteiger partial charge is 0.469 e. The van der Waals surface area contributed by atoms with Crippen molar-refractivity contribution in [1.29, 1.82) is 0 Å². The molecule has 2 N–H and O–H groups in total. The van der Waals surface area contributed by atoms with Crippen LogP contribution in [0.15, 0.2) is 27.8 Å². The first kappa shape index (κ1) is 20.1. The van der Waals surface area contributed by atoms with Crippen molar-refractivity contribution in [2.45, 2.75) is 58.6 Å². The smallest absolute Gasteiger partial charge is 0.410 e. The first-order valence-electron chi connectivity index (χ1n) is 9.43. The zero-order chi connectivity index (χ0) is 19.0. The average Bonchev–Trinajstić information content (AvgIpc) is 3.25. The topological polar surface area (TPSA) is 79.1 Å². The van der Waals surface area contributed by atoms with Crippen molar-refractivity contribution in [2.24, 2.45) is 4.99 Å². The number of hydrogen-bond donors (Lipinski definition) is 2. The van der Waals surface area contributed by atoms with Gasteiger partial charge in [-0.25, -0.2) is 4.79 Å². The number of aliphatic imine (C=N–C) groups is 1. The van der Waals surface area contributed by atoms with Gasteiger partial charge in [0, 0.05) is 38.6 Å². The highest BCUT2D eigenvalue weighted by atomic mass is 16.6. The molecule has 0 radical (unpaired) electrons. The van der Waals surface area contributed by atoms with Gasteiger partial charge in [-0.3, -0.25) is 4.99 Å². The Bertz CT molecular complexity index is 574. The number of hydrogen-bond acceptors (Lipinski definition) is 4. The number of guanidine groups is 1. The third-order valence-corrected chi connectivity index (χ3v) is 3.81. The van der Waals surface area contributed by atoms with Crippen LogP contribution in [0, 0.1) is 0 Å². The normalized spacial score (nSPS) is 14.8. The van der Waals surface area contributed by atoms with Crippen molar-refractivity contribution in [1.82, 2.24) is 15.5 Å². The highest BCUT2D eigenvalue weighted by Crippen LogP contribution is 2.27. The van der Waals surface area contributed by atoms with E-state index in [1.54, 1.807) is 6.26 Å². The van der Waals surface area contributed by atoms with E-state index in [1.807, 2.05) is 44.7 Å². The van der Waals surface area contributed by atoms with E-state index in [9.17, 15) is 4.79 Å². The van der Waals surface area contributed by atoms with Gasteiger partial charge in [-0.1, -0.05) is 0 Å². The van der Waals surface area contributed by atoms with Crippen LogP contribution in [0.3, 0.4) is 0 Å². The van der Waals surface area contributed by atoms with Gasteiger partial charge in [0.25, 0.3) is 0 Å². The van der Waals surface area contributed by atoms with Gasteiger partial charge in [0.2, 0.25) is 0 Å². The summed E-state index contributed by atoms with van der Waals surface area (Å²) >= 11 is 0. The number of ether oxygens (including phenoxy) is 1. The van der Waals surface area contributed by atoms with E-state index in [0.29, 0.717) is 25.7 Å². The van der Waals surface area contributed by atoms with Crippen LogP contribution in [0.1, 0.15) is 46.3 Å². The maximum absolute atomic E-state index is 12.4. The molecule has 1 aliphatic carbocycles. The predicted molar refractivity (Wildman–Crippen MR) is 102 cm³/mol. The van der Waals surface area contributed by atoms with Crippen LogP contribution >= 0.6 is 0 Å². The van der Waals surface area contributed by atoms with Gasteiger partial charge in [0.15, 0.2) is 5.96 Å². The molecule has 1 aromatic heterocycles. The Morgan fingerprint density at radius 2 is 2.15 bits per heavy atom. The lowest BCUT2D eigenvalue weighted by Gasteiger charge is -2.27. The highest BCUT2D eigenvalue weighted by Gasteiger charge is 2.34. The van der Waals surface area contributed by atoms with Crippen LogP contribution < -0.4 is 10.6 Å². The monoisotopic (exact) mass is 364 g/mol. The molecule has 0 unspecified atom stereocenters. The minimum Gasteiger partial charge on any atom is -0.469 e. The molecule has 1 saturated carbocycles. The molecule has 7 nitrogen and oxygen atoms in total. The summed E-state index contributed by atoms with van der Waals surface area (Å²) in [7, 11) is 0. The molecule has 146 valence electrons. The summed E-state index contributed by atoms with van der Waals surface area (Å²) in [6.07, 6.45) is 4.30. The van der Waals surface area contributed by atoms with Crippen LogP contribution in [0.25, 0.3) is 0 Å². The Balaban J connectivity index is 1.79. The number of carbonyl (C=O) groups is 1. The molecule has 0 atom stereocenters. The van der Waals surface area contributed by atoms with E-state index in [-0.39, 0.29) is 6.09 Å². The van der Waals surface area contributed by atoms with Crippen LogP contribution in [0.2, 0.25) is 0 Å². The molecule has 26 heavy (non-hydrogen) atoms. The second-order valence-electron chi connectivity index (χ2n) is 7.42. The lowest BCUT2D eigenvalue weighted by atomic mass is 10.2. The van der Waals surface area contributed by atoms with Crippen LogP contribution in [0.4, 0.5) is 4.79 Å². The summed E-state index contributed by atoms with van der Waals surface area (Å²) in [5, 5.41) is 6.51. The average molecular weight is 364 g/mol. The minimum atomic E-state index is -0.472. The molecule has 1 fully saturated rings. The van der Waals surface area contributed by atoms with E-state index in [1.165, 1.54) is 0 Å². The Labute approximate surface area is 156 Å². The van der Waals surface area contributed by atoms with Crippen molar-refractivity contribution in [3.63, 3.8) is 0 Å². The van der Waals surface area contributed by atoms with E-state index in [2.05, 4.69) is 15.6 Å². The lowest BCUT2D eigenvalue weighted by Crippen LogP contribution is -2.45. The fourth-order valence-corrected chi connectivity index (χ4v) is 2.50. The summed E-state index contributed by atoms with van der Waals surface area (Å²) < 4.78 is 10.8. The van der Waals surface area contributed by atoms with Gasteiger partial charge in [0.1, 0.15) is 11.4 Å². The SMILES string of the molecule is CCNC(=NCCc1ccco1)NCCN(C(=O)OC(C)(C)C)C1CC1. The first-order chi connectivity index (χ1) is 12.4. The molecule has 1 amide bonds. The Hall–Kier alpha value is -2.18. The summed E-state index contributed by atoms with van der Waals surface area (Å²) in [5.41, 5.74) is -0.472. The summed E-state index contributed by atoms with van der Waals surface area (Å²) in [6.45, 7) is 10.4. The fraction of sp³-hybridized carbons (Fsp3) is 0.684. The zero-order valence-electron chi connectivity index (χ0n) is 16.4. The molecular formula is C19H32N4O3. The van der Waals surface area contributed by atoms with E-state index < -0.39 is 5.60 Å². The van der Waals surface area contributed by atoms with Crippen LogP contribution in [-0.4, -0.2) is 54.8 Å². The number of nitrogens with one attached hydrogen (secondary N) is 2. The maximum atomic E-state index is 12.4. The van der Waals surface area contributed by atoms with Gasteiger partial charge in [-0.05, 0) is 52.7 Å². The van der Waals surface area contributed by atoms with Gasteiger partial charge in [-0.2, -0.15) is 0 Å². The second-order valence-corrected chi connectivity index (χ2v) is 7.42. The molecule has 0 aliphatic heterocycles. The quantitative estimate of drug-likeness (QED) is 0.548. The molecule has 1 aromatic rings. The molecule has 0 saturated heterocycles. The minimum absolute atomic E-state index is 0.235. The van der Waals surface area contributed by atoms with Crippen molar-refractivity contribution in [3.05, 3.63) is 24.2 Å². The molecule has 0 aromatic carbocycles. The summed E-state index contributed by atoms with van der Waals surface area (Å²) in [5.74, 6) is 1.67. The van der Waals surface area contributed by atoms with Gasteiger partial charge >= 0.3 is 6.09 Å². The van der Waals surface area contributed by atoms with Crippen molar-refractivity contribution >= 4 is 12.1 Å². The number of nitrogens with zero attached hydrogens (tertiary/aromatic N) is 2. The summed E-state index contributed by atoms with van der Waals surface area (Å²) in [4.78, 5) is 18.7. The first-order valence-corrected chi connectivity index (χ1v) is 9.43. The molecule has 0 spiro atoms. The van der Waals surface area contributed by atoms with E-state index in [4.69, 9.17) is 9.15 Å². The predicted octanol–water partition coefficient (Wildman–Crippen LogP) is 2.78. The molecule has 1 heterocycles. The van der Waals surface area contributed by atoms with Crippen LogP contribution in [-0.2, 0) is 11.2 Å². The van der Waals surface area contributed by atoms with Gasteiger partial charge < -0.3 is 24.7 Å². The number of rotatable bonds is 8. The van der Waals surface area contributed by atoms with Crippen molar-refractivity contribution in [3.8, 4) is 0 Å². The molecule has 2 rings (SSSR count). The zero-order valence-corrected chi connectivity index (χ0v) is 16.4. The Morgan fingerprint density at radius 3 is 2.73 bits per heavy atom. The van der Waals surface area contributed by atoms with Crippen molar-refractivity contribution in [2.75, 3.05) is 26.2 Å². The molecular weight excluding hydrogens is 332 g/mol. The highest BCUT2D eigenvalue weighted by molar-refractivity contribution is 5.79. The fourth-order valence-electron chi connectivity index (χ4n) is 2.50. The molecule has 0 bridgehead atoms. The number of carbonyl (C=O) groups excluding carboxylic acids is 1. The molecule has 1 aliphatic rings. The number of furan rings is 1. The van der Waals surface area contributed by atoms with E-state index >= 15 is 0 Å². The second kappa shape index (κ2) is 9.50. The maximum Gasteiger partial charge on any atom is 0.410 e. The third-order valence-electron chi connectivity index (χ3n) is 3.81. The summed E-state index contributed by atoms with van der Waals surface area (Å²) in [6, 6.07) is 4.14. The van der Waals surface area contributed by atoms with Gasteiger partial charge in [0.05, 0.1) is 6.26 Å². The van der Waals surface area contributed by atoms with Crippen molar-refractivity contribution < 1.29 is 13.9 Å². The number of amides is 1. The lowest BCUT2D eigenvalue weighted by molar-refractivity contribution is 0.0238. The third kappa shape index (κ3) is 7.37. The van der Waals surface area contributed by atoms with Crippen LogP contribution in [0.5, 0.6) is 0 Å². The Kier molecular flexibility index (Phi) is 7.36. The standard InChI is InChI=1S/C19H32N4O3/c1-5-20-17(21-11-10-16-7-6-14-25-16)22-12-13-23(15-8-9-15)18(24)26-19(2,3)4/h6-7,14-15H,5,8-13H2,1-4H3,(H2,20,21,22). The molecule has 7 heteroatoms.